The Bertz CT molecular complexity index is 740. The number of carbonyl (C=O) groups excluding carboxylic acids is 2. The van der Waals surface area contributed by atoms with E-state index in [0.717, 1.165) is 5.69 Å². The average molecular weight is 339 g/mol. The number of esters is 1. The molecule has 2 aromatic rings. The van der Waals surface area contributed by atoms with E-state index < -0.39 is 11.9 Å². The van der Waals surface area contributed by atoms with Crippen molar-refractivity contribution in [3.8, 4) is 0 Å². The second-order valence-corrected chi connectivity index (χ2v) is 5.28. The zero-order valence-corrected chi connectivity index (χ0v) is 14.3. The molecule has 0 spiro atoms. The SMILES string of the molecule is CCOC(=O)/C(C)=N/NC(=O)c1ccc(NCc2ccccc2)cc1. The number of nitrogens with zero attached hydrogens (tertiary/aromatic N) is 1. The molecule has 0 saturated carbocycles. The van der Waals surface area contributed by atoms with Gasteiger partial charge >= 0.3 is 5.97 Å². The lowest BCUT2D eigenvalue weighted by molar-refractivity contribution is -0.135. The molecule has 0 heterocycles. The first-order valence-corrected chi connectivity index (χ1v) is 7.99. The molecule has 0 aliphatic heterocycles. The quantitative estimate of drug-likeness (QED) is 0.462. The molecule has 0 aliphatic carbocycles. The van der Waals surface area contributed by atoms with Crippen LogP contribution in [0.3, 0.4) is 0 Å². The Morgan fingerprint density at radius 3 is 2.36 bits per heavy atom. The van der Waals surface area contributed by atoms with Gasteiger partial charge in [-0.2, -0.15) is 5.10 Å². The van der Waals surface area contributed by atoms with E-state index in [2.05, 4.69) is 15.8 Å². The molecule has 0 atom stereocenters. The summed E-state index contributed by atoms with van der Waals surface area (Å²) < 4.78 is 4.79. The molecule has 0 saturated heterocycles. The number of benzene rings is 2. The van der Waals surface area contributed by atoms with E-state index in [9.17, 15) is 9.59 Å². The molecule has 25 heavy (non-hydrogen) atoms. The fraction of sp³-hybridized carbons (Fsp3) is 0.211. The summed E-state index contributed by atoms with van der Waals surface area (Å²) in [7, 11) is 0. The van der Waals surface area contributed by atoms with Gasteiger partial charge in [0, 0.05) is 17.8 Å². The normalized spacial score (nSPS) is 10.9. The van der Waals surface area contributed by atoms with Crippen molar-refractivity contribution in [3.05, 3.63) is 65.7 Å². The van der Waals surface area contributed by atoms with Crippen LogP contribution in [0.4, 0.5) is 5.69 Å². The van der Waals surface area contributed by atoms with Crippen LogP contribution in [0.2, 0.25) is 0 Å². The number of hydrazone groups is 1. The molecule has 6 heteroatoms. The van der Waals surface area contributed by atoms with Gasteiger partial charge in [-0.25, -0.2) is 10.2 Å². The van der Waals surface area contributed by atoms with Crippen molar-refractivity contribution in [3.63, 3.8) is 0 Å². The molecule has 0 bridgehead atoms. The Morgan fingerprint density at radius 1 is 1.04 bits per heavy atom. The van der Waals surface area contributed by atoms with Gasteiger partial charge in [0.05, 0.1) is 6.61 Å². The molecule has 130 valence electrons. The van der Waals surface area contributed by atoms with Crippen LogP contribution in [0.1, 0.15) is 29.8 Å². The van der Waals surface area contributed by atoms with Gasteiger partial charge in [-0.1, -0.05) is 30.3 Å². The Morgan fingerprint density at radius 2 is 1.72 bits per heavy atom. The van der Waals surface area contributed by atoms with Crippen LogP contribution in [-0.4, -0.2) is 24.2 Å². The Kier molecular flexibility index (Phi) is 6.71. The van der Waals surface area contributed by atoms with E-state index in [1.54, 1.807) is 19.1 Å². The van der Waals surface area contributed by atoms with Crippen molar-refractivity contribution >= 4 is 23.3 Å². The van der Waals surface area contributed by atoms with Crippen LogP contribution >= 0.6 is 0 Å². The van der Waals surface area contributed by atoms with Crippen molar-refractivity contribution in [1.82, 2.24) is 5.43 Å². The van der Waals surface area contributed by atoms with Gasteiger partial charge in [0.15, 0.2) is 0 Å². The van der Waals surface area contributed by atoms with Crippen molar-refractivity contribution in [2.75, 3.05) is 11.9 Å². The predicted molar refractivity (Wildman–Crippen MR) is 97.4 cm³/mol. The number of hydrogen-bond acceptors (Lipinski definition) is 5. The first kappa shape index (κ1) is 18.2. The predicted octanol–water partition coefficient (Wildman–Crippen LogP) is 2.97. The van der Waals surface area contributed by atoms with Gasteiger partial charge in [0.2, 0.25) is 0 Å². The van der Waals surface area contributed by atoms with Gasteiger partial charge in [-0.05, 0) is 43.7 Å². The van der Waals surface area contributed by atoms with Gasteiger partial charge < -0.3 is 10.1 Å². The third kappa shape index (κ3) is 5.76. The maximum atomic E-state index is 12.0. The molecule has 0 radical (unpaired) electrons. The maximum Gasteiger partial charge on any atom is 0.354 e. The second-order valence-electron chi connectivity index (χ2n) is 5.28. The third-order valence-corrected chi connectivity index (χ3v) is 3.38. The lowest BCUT2D eigenvalue weighted by Gasteiger charge is -2.07. The number of carbonyl (C=O) groups is 2. The second kappa shape index (κ2) is 9.22. The topological polar surface area (TPSA) is 79.8 Å². The highest BCUT2D eigenvalue weighted by molar-refractivity contribution is 6.35. The van der Waals surface area contributed by atoms with Crippen molar-refractivity contribution < 1.29 is 14.3 Å². The maximum absolute atomic E-state index is 12.0. The summed E-state index contributed by atoms with van der Waals surface area (Å²) in [5.41, 5.74) is 4.97. The van der Waals surface area contributed by atoms with Gasteiger partial charge in [0.25, 0.3) is 5.91 Å². The summed E-state index contributed by atoms with van der Waals surface area (Å²) in [4.78, 5) is 23.4. The van der Waals surface area contributed by atoms with Crippen molar-refractivity contribution in [2.45, 2.75) is 20.4 Å². The largest absolute Gasteiger partial charge is 0.461 e. The number of rotatable bonds is 7. The fourth-order valence-corrected chi connectivity index (χ4v) is 2.02. The molecule has 0 aromatic heterocycles. The van der Waals surface area contributed by atoms with Gasteiger partial charge in [-0.3, -0.25) is 4.79 Å². The molecular weight excluding hydrogens is 318 g/mol. The van der Waals surface area contributed by atoms with E-state index in [4.69, 9.17) is 4.74 Å². The summed E-state index contributed by atoms with van der Waals surface area (Å²) in [6.45, 7) is 4.15. The van der Waals surface area contributed by atoms with Crippen LogP contribution in [0, 0.1) is 0 Å². The number of hydrogen-bond donors (Lipinski definition) is 2. The zero-order valence-electron chi connectivity index (χ0n) is 14.3. The Hall–Kier alpha value is -3.15. The number of nitrogens with one attached hydrogen (secondary N) is 2. The van der Waals surface area contributed by atoms with Gasteiger partial charge in [-0.15, -0.1) is 0 Å². The lowest BCUT2D eigenvalue weighted by atomic mass is 10.2. The molecule has 1 amide bonds. The molecule has 2 rings (SSSR count). The van der Waals surface area contributed by atoms with Gasteiger partial charge in [0.1, 0.15) is 5.71 Å². The summed E-state index contributed by atoms with van der Waals surface area (Å²) in [6.07, 6.45) is 0. The smallest absolute Gasteiger partial charge is 0.354 e. The minimum atomic E-state index is -0.553. The molecule has 2 N–H and O–H groups in total. The minimum Gasteiger partial charge on any atom is -0.461 e. The highest BCUT2D eigenvalue weighted by atomic mass is 16.5. The fourth-order valence-electron chi connectivity index (χ4n) is 2.02. The van der Waals surface area contributed by atoms with Crippen LogP contribution in [-0.2, 0) is 16.1 Å². The van der Waals surface area contributed by atoms with E-state index in [-0.39, 0.29) is 12.3 Å². The van der Waals surface area contributed by atoms with Crippen LogP contribution < -0.4 is 10.7 Å². The lowest BCUT2D eigenvalue weighted by Crippen LogP contribution is -2.23. The molecule has 6 nitrogen and oxygen atoms in total. The number of amides is 1. The highest BCUT2D eigenvalue weighted by Crippen LogP contribution is 2.11. The number of ether oxygens (including phenoxy) is 1. The number of anilines is 1. The molecule has 0 aliphatic rings. The molecule has 2 aromatic carbocycles. The van der Waals surface area contributed by atoms with Crippen LogP contribution in [0.15, 0.2) is 59.7 Å². The molecule has 0 fully saturated rings. The molecule has 0 unspecified atom stereocenters. The Labute approximate surface area is 146 Å². The van der Waals surface area contributed by atoms with Crippen molar-refractivity contribution in [1.29, 1.82) is 0 Å². The minimum absolute atomic E-state index is 0.0938. The van der Waals surface area contributed by atoms with Crippen LogP contribution in [0.5, 0.6) is 0 Å². The van der Waals surface area contributed by atoms with E-state index >= 15 is 0 Å². The van der Waals surface area contributed by atoms with E-state index in [1.165, 1.54) is 12.5 Å². The summed E-state index contributed by atoms with van der Waals surface area (Å²) in [5.74, 6) is -0.943. The van der Waals surface area contributed by atoms with Crippen LogP contribution in [0.25, 0.3) is 0 Å². The Balaban J connectivity index is 1.89. The zero-order chi connectivity index (χ0) is 18.1. The third-order valence-electron chi connectivity index (χ3n) is 3.38. The van der Waals surface area contributed by atoms with Crippen molar-refractivity contribution in [2.24, 2.45) is 5.10 Å². The van der Waals surface area contributed by atoms with E-state index in [1.807, 2.05) is 42.5 Å². The average Bonchev–Trinajstić information content (AvgIpc) is 2.65. The molecular formula is C19H21N3O3. The standard InChI is InChI=1S/C19H21N3O3/c1-3-25-19(24)14(2)21-22-18(23)16-9-11-17(12-10-16)20-13-15-7-5-4-6-8-15/h4-12,20H,3,13H2,1-2H3,(H,22,23)/b21-14+. The first-order chi connectivity index (χ1) is 12.1. The summed E-state index contributed by atoms with van der Waals surface area (Å²) in [5, 5.41) is 7.03. The monoisotopic (exact) mass is 339 g/mol. The summed E-state index contributed by atoms with van der Waals surface area (Å²) in [6, 6.07) is 17.1. The highest BCUT2D eigenvalue weighted by Gasteiger charge is 2.08. The first-order valence-electron chi connectivity index (χ1n) is 7.99. The van der Waals surface area contributed by atoms with E-state index in [0.29, 0.717) is 12.1 Å². The summed E-state index contributed by atoms with van der Waals surface area (Å²) >= 11 is 0.